The number of nitrogens with zero attached hydrogens (tertiary/aromatic N) is 1. The normalized spacial score (nSPS) is 20.5. The molecule has 116 valence electrons. The van der Waals surface area contributed by atoms with Crippen LogP contribution in [0.3, 0.4) is 0 Å². The van der Waals surface area contributed by atoms with E-state index in [0.717, 1.165) is 12.3 Å². The number of aromatic nitrogens is 1. The van der Waals surface area contributed by atoms with E-state index in [-0.39, 0.29) is 0 Å². The lowest BCUT2D eigenvalue weighted by atomic mass is 9.86. The molecule has 0 bridgehead atoms. The maximum atomic E-state index is 6.10. The lowest BCUT2D eigenvalue weighted by Crippen LogP contribution is -2.21. The summed E-state index contributed by atoms with van der Waals surface area (Å²) in [6, 6.07) is 2.33. The van der Waals surface area contributed by atoms with Crippen molar-refractivity contribution in [3.63, 3.8) is 0 Å². The average molecular weight is 287 g/mol. The van der Waals surface area contributed by atoms with Gasteiger partial charge in [0.2, 0.25) is 0 Å². The molecule has 3 nitrogen and oxygen atoms in total. The van der Waals surface area contributed by atoms with Crippen LogP contribution < -0.4 is 11.5 Å². The minimum atomic E-state index is 0.402. The summed E-state index contributed by atoms with van der Waals surface area (Å²) < 4.78 is 0. The molecule has 1 aromatic heterocycles. The SMILES string of the molecule is NCc1cc2c(nc1C(CN)CC1CCCC1)CCCC2. The molecule has 0 radical (unpaired) electrons. The van der Waals surface area contributed by atoms with E-state index in [1.54, 1.807) is 0 Å². The van der Waals surface area contributed by atoms with Crippen LogP contribution >= 0.6 is 0 Å². The summed E-state index contributed by atoms with van der Waals surface area (Å²) in [6.07, 6.45) is 11.6. The van der Waals surface area contributed by atoms with E-state index in [9.17, 15) is 0 Å². The van der Waals surface area contributed by atoms with Gasteiger partial charge in [-0.1, -0.05) is 31.7 Å². The van der Waals surface area contributed by atoms with Crippen molar-refractivity contribution < 1.29 is 0 Å². The average Bonchev–Trinajstić information content (AvgIpc) is 3.04. The van der Waals surface area contributed by atoms with Crippen LogP contribution in [0.15, 0.2) is 6.07 Å². The highest BCUT2D eigenvalue weighted by molar-refractivity contribution is 5.34. The maximum Gasteiger partial charge on any atom is 0.0495 e. The van der Waals surface area contributed by atoms with E-state index in [1.165, 1.54) is 73.9 Å². The quantitative estimate of drug-likeness (QED) is 0.875. The summed E-state index contributed by atoms with van der Waals surface area (Å²) in [7, 11) is 0. The number of pyridine rings is 1. The molecular weight excluding hydrogens is 258 g/mol. The highest BCUT2D eigenvalue weighted by Gasteiger charge is 2.24. The maximum absolute atomic E-state index is 6.10. The van der Waals surface area contributed by atoms with Crippen LogP contribution in [0.4, 0.5) is 0 Å². The summed E-state index contributed by atoms with van der Waals surface area (Å²) in [6.45, 7) is 1.30. The van der Waals surface area contributed by atoms with Crippen LogP contribution in [0.1, 0.15) is 73.4 Å². The molecule has 1 heterocycles. The Bertz CT molecular complexity index is 478. The number of hydrogen-bond acceptors (Lipinski definition) is 3. The van der Waals surface area contributed by atoms with Crippen LogP contribution in [0.2, 0.25) is 0 Å². The second-order valence-electron chi connectivity index (χ2n) is 6.87. The van der Waals surface area contributed by atoms with Crippen LogP contribution in [0, 0.1) is 5.92 Å². The van der Waals surface area contributed by atoms with Gasteiger partial charge in [-0.05, 0) is 49.1 Å². The molecule has 3 heteroatoms. The second-order valence-corrected chi connectivity index (χ2v) is 6.87. The zero-order chi connectivity index (χ0) is 14.7. The Morgan fingerprint density at radius 2 is 1.86 bits per heavy atom. The van der Waals surface area contributed by atoms with E-state index < -0.39 is 0 Å². The molecule has 3 rings (SSSR count). The van der Waals surface area contributed by atoms with Crippen LogP contribution in [-0.4, -0.2) is 11.5 Å². The van der Waals surface area contributed by atoms with Crippen molar-refractivity contribution in [2.45, 2.75) is 70.3 Å². The van der Waals surface area contributed by atoms with E-state index in [1.807, 2.05) is 0 Å². The third kappa shape index (κ3) is 3.29. The molecule has 4 N–H and O–H groups in total. The first-order valence-electron chi connectivity index (χ1n) is 8.73. The van der Waals surface area contributed by atoms with Gasteiger partial charge in [-0.3, -0.25) is 4.98 Å². The Hall–Kier alpha value is -0.930. The smallest absolute Gasteiger partial charge is 0.0495 e. The third-order valence-corrected chi connectivity index (χ3v) is 5.40. The topological polar surface area (TPSA) is 64.9 Å². The van der Waals surface area contributed by atoms with Crippen LogP contribution in [0.5, 0.6) is 0 Å². The van der Waals surface area contributed by atoms with Crippen molar-refractivity contribution in [1.82, 2.24) is 4.98 Å². The van der Waals surface area contributed by atoms with Gasteiger partial charge in [0.15, 0.2) is 0 Å². The fourth-order valence-electron chi connectivity index (χ4n) is 4.18. The Morgan fingerprint density at radius 3 is 2.57 bits per heavy atom. The second kappa shape index (κ2) is 6.89. The lowest BCUT2D eigenvalue weighted by Gasteiger charge is -2.24. The number of fused-ring (bicyclic) bond motifs is 1. The molecule has 0 aromatic carbocycles. The zero-order valence-electron chi connectivity index (χ0n) is 13.1. The van der Waals surface area contributed by atoms with Gasteiger partial charge in [0.25, 0.3) is 0 Å². The van der Waals surface area contributed by atoms with E-state index >= 15 is 0 Å². The summed E-state index contributed by atoms with van der Waals surface area (Å²) in [5.74, 6) is 1.25. The Kier molecular flexibility index (Phi) is 4.91. The van der Waals surface area contributed by atoms with Crippen molar-refractivity contribution in [1.29, 1.82) is 0 Å². The molecule has 21 heavy (non-hydrogen) atoms. The molecular formula is C18H29N3. The van der Waals surface area contributed by atoms with Gasteiger partial charge in [0.1, 0.15) is 0 Å². The monoisotopic (exact) mass is 287 g/mol. The standard InChI is InChI=1S/C18H29N3/c19-11-15(9-13-5-1-2-6-13)18-16(12-20)10-14-7-3-4-8-17(14)21-18/h10,13,15H,1-9,11-12,19-20H2. The van der Waals surface area contributed by atoms with Crippen molar-refractivity contribution in [3.05, 3.63) is 28.6 Å². The molecule has 2 aliphatic rings. The zero-order valence-corrected chi connectivity index (χ0v) is 13.1. The van der Waals surface area contributed by atoms with Gasteiger partial charge in [0.05, 0.1) is 0 Å². The fourth-order valence-corrected chi connectivity index (χ4v) is 4.18. The molecule has 1 unspecified atom stereocenters. The first-order valence-corrected chi connectivity index (χ1v) is 8.73. The fraction of sp³-hybridized carbons (Fsp3) is 0.722. The lowest BCUT2D eigenvalue weighted by molar-refractivity contribution is 0.439. The molecule has 1 fully saturated rings. The highest BCUT2D eigenvalue weighted by atomic mass is 14.8. The molecule has 0 spiro atoms. The van der Waals surface area contributed by atoms with Gasteiger partial charge in [-0.25, -0.2) is 0 Å². The van der Waals surface area contributed by atoms with Crippen molar-refractivity contribution in [2.75, 3.05) is 6.54 Å². The molecule has 0 aliphatic heterocycles. The van der Waals surface area contributed by atoms with Crippen molar-refractivity contribution >= 4 is 0 Å². The number of aryl methyl sites for hydroxylation is 2. The molecule has 0 amide bonds. The molecule has 2 aliphatic carbocycles. The van der Waals surface area contributed by atoms with Gasteiger partial charge >= 0.3 is 0 Å². The summed E-state index contributed by atoms with van der Waals surface area (Å²) in [4.78, 5) is 5.04. The molecule has 1 aromatic rings. The predicted molar refractivity (Wildman–Crippen MR) is 87.1 cm³/mol. The Morgan fingerprint density at radius 1 is 1.10 bits per heavy atom. The minimum Gasteiger partial charge on any atom is -0.330 e. The predicted octanol–water partition coefficient (Wildman–Crippen LogP) is 3.04. The molecule has 1 atom stereocenters. The number of rotatable bonds is 5. The van der Waals surface area contributed by atoms with Gasteiger partial charge in [-0.2, -0.15) is 0 Å². The largest absolute Gasteiger partial charge is 0.330 e. The van der Waals surface area contributed by atoms with E-state index in [0.29, 0.717) is 19.0 Å². The molecule has 1 saturated carbocycles. The minimum absolute atomic E-state index is 0.402. The van der Waals surface area contributed by atoms with Gasteiger partial charge in [-0.15, -0.1) is 0 Å². The summed E-state index contributed by atoms with van der Waals surface area (Å²) in [5.41, 5.74) is 17.3. The number of hydrogen-bond donors (Lipinski definition) is 2. The van der Waals surface area contributed by atoms with Crippen molar-refractivity contribution in [2.24, 2.45) is 17.4 Å². The van der Waals surface area contributed by atoms with Crippen LogP contribution in [0.25, 0.3) is 0 Å². The first-order chi connectivity index (χ1) is 10.3. The summed E-state index contributed by atoms with van der Waals surface area (Å²) >= 11 is 0. The molecule has 0 saturated heterocycles. The van der Waals surface area contributed by atoms with Crippen molar-refractivity contribution in [3.8, 4) is 0 Å². The summed E-state index contributed by atoms with van der Waals surface area (Å²) in [5, 5.41) is 0. The Balaban J connectivity index is 1.86. The Labute approximate surface area is 128 Å². The highest BCUT2D eigenvalue weighted by Crippen LogP contribution is 2.35. The number of nitrogens with two attached hydrogens (primary N) is 2. The third-order valence-electron chi connectivity index (χ3n) is 5.40. The van der Waals surface area contributed by atoms with Gasteiger partial charge < -0.3 is 11.5 Å². The van der Waals surface area contributed by atoms with Gasteiger partial charge in [0, 0.05) is 30.4 Å². The van der Waals surface area contributed by atoms with E-state index in [2.05, 4.69) is 6.07 Å². The van der Waals surface area contributed by atoms with E-state index in [4.69, 9.17) is 16.5 Å². The first kappa shape index (κ1) is 15.0. The van der Waals surface area contributed by atoms with Crippen LogP contribution in [-0.2, 0) is 19.4 Å².